The highest BCUT2D eigenvalue weighted by Gasteiger charge is 2.51. The fourth-order valence-corrected chi connectivity index (χ4v) is 12.5. The summed E-state index contributed by atoms with van der Waals surface area (Å²) < 4.78 is 12.8. The van der Waals surface area contributed by atoms with Gasteiger partial charge in [-0.05, 0) is 167 Å². The summed E-state index contributed by atoms with van der Waals surface area (Å²) in [5.74, 6) is 0.911. The lowest BCUT2D eigenvalue weighted by atomic mass is 9.64. The predicted octanol–water partition coefficient (Wildman–Crippen LogP) is 19.6. The number of furan rings is 2. The molecule has 4 nitrogen and oxygen atoms in total. The number of hydrogen-bond acceptors (Lipinski definition) is 4. The van der Waals surface area contributed by atoms with E-state index in [9.17, 15) is 0 Å². The average molecular weight is 961 g/mol. The molecular formula is C71H48N2O2. The molecule has 1 aliphatic carbocycles. The molecule has 0 unspecified atom stereocenters. The van der Waals surface area contributed by atoms with Gasteiger partial charge in [0.05, 0.1) is 16.8 Å². The minimum absolute atomic E-state index is 0.556. The zero-order valence-electron chi connectivity index (χ0n) is 41.5. The van der Waals surface area contributed by atoms with Crippen molar-refractivity contribution < 1.29 is 8.83 Å². The van der Waals surface area contributed by atoms with E-state index in [2.05, 4.69) is 266 Å². The van der Waals surface area contributed by atoms with Crippen LogP contribution < -0.4 is 9.80 Å². The van der Waals surface area contributed by atoms with Crippen molar-refractivity contribution in [3.63, 3.8) is 0 Å². The van der Waals surface area contributed by atoms with Crippen molar-refractivity contribution in [3.8, 4) is 44.7 Å². The standard InChI is InChI=1S/C71H48N2O2/c1-45-30-38-68-58(40-45)46(2)70(75-68)51-18-14-16-48(41-51)47-31-34-53(35-32-47)72(54-21-15-17-49(42-54)50-33-39-69-60(43-50)57-23-7-13-29-67(57)74-69)55-36-37-62-59(44-55)56-22-6-8-24-61(56)71(62)63-25-9-11-27-65(63)73(52-19-4-3-5-20-52)66-28-12-10-26-64(66)71/h3-44H,1-2H3. The van der Waals surface area contributed by atoms with E-state index < -0.39 is 5.41 Å². The Hall–Kier alpha value is -9.64. The van der Waals surface area contributed by atoms with Crippen molar-refractivity contribution in [1.29, 1.82) is 0 Å². The van der Waals surface area contributed by atoms with Gasteiger partial charge in [-0.15, -0.1) is 0 Å². The van der Waals surface area contributed by atoms with Gasteiger partial charge in [-0.3, -0.25) is 0 Å². The third-order valence-electron chi connectivity index (χ3n) is 15.9. The van der Waals surface area contributed by atoms with Crippen LogP contribution in [0, 0.1) is 13.8 Å². The molecule has 0 fully saturated rings. The summed E-state index contributed by atoms with van der Waals surface area (Å²) in [5.41, 5.74) is 24.4. The van der Waals surface area contributed by atoms with Crippen LogP contribution in [-0.4, -0.2) is 0 Å². The molecule has 0 N–H and O–H groups in total. The maximum absolute atomic E-state index is 6.49. The highest BCUT2D eigenvalue weighted by molar-refractivity contribution is 6.06. The normalized spacial score (nSPS) is 13.0. The SMILES string of the molecule is Cc1ccc2oc(-c3cccc(-c4ccc(N(c5cccc(-c6ccc7oc8ccccc8c7c6)c5)c5ccc6c(c5)-c5ccccc5C65c6ccccc6N(c6ccccc6)c6ccccc65)cc4)c3)c(C)c2c1. The molecule has 1 aliphatic heterocycles. The molecule has 13 aromatic rings. The third kappa shape index (κ3) is 6.56. The van der Waals surface area contributed by atoms with Crippen LogP contribution in [-0.2, 0) is 5.41 Å². The Morgan fingerprint density at radius 3 is 1.75 bits per heavy atom. The first-order valence-electron chi connectivity index (χ1n) is 25.8. The van der Waals surface area contributed by atoms with Crippen LogP contribution in [0.4, 0.5) is 34.1 Å². The number of aryl methyl sites for hydroxylation is 2. The van der Waals surface area contributed by atoms with Crippen molar-refractivity contribution in [1.82, 2.24) is 0 Å². The molecule has 4 heteroatoms. The molecule has 0 atom stereocenters. The smallest absolute Gasteiger partial charge is 0.138 e. The second-order valence-corrected chi connectivity index (χ2v) is 20.1. The third-order valence-corrected chi connectivity index (χ3v) is 15.9. The monoisotopic (exact) mass is 960 g/mol. The van der Waals surface area contributed by atoms with Gasteiger partial charge in [-0.1, -0.05) is 163 Å². The summed E-state index contributed by atoms with van der Waals surface area (Å²) in [7, 11) is 0. The Labute approximate surface area is 435 Å². The van der Waals surface area contributed by atoms with Crippen LogP contribution in [0.15, 0.2) is 264 Å². The van der Waals surface area contributed by atoms with Gasteiger partial charge in [0.2, 0.25) is 0 Å². The van der Waals surface area contributed by atoms with Gasteiger partial charge in [-0.25, -0.2) is 0 Å². The van der Waals surface area contributed by atoms with Crippen LogP contribution in [0.1, 0.15) is 33.4 Å². The number of anilines is 6. The van der Waals surface area contributed by atoms with Crippen molar-refractivity contribution in [2.24, 2.45) is 0 Å². The van der Waals surface area contributed by atoms with E-state index in [1.165, 1.54) is 50.3 Å². The predicted molar refractivity (Wildman–Crippen MR) is 310 cm³/mol. The van der Waals surface area contributed by atoms with E-state index in [0.717, 1.165) is 94.8 Å². The van der Waals surface area contributed by atoms with Crippen molar-refractivity contribution in [2.75, 3.05) is 9.80 Å². The zero-order valence-corrected chi connectivity index (χ0v) is 41.5. The largest absolute Gasteiger partial charge is 0.456 e. The van der Waals surface area contributed by atoms with Crippen LogP contribution >= 0.6 is 0 Å². The Bertz CT molecular complexity index is 4360. The van der Waals surface area contributed by atoms with Crippen molar-refractivity contribution in [2.45, 2.75) is 19.3 Å². The van der Waals surface area contributed by atoms with E-state index in [-0.39, 0.29) is 0 Å². The molecule has 2 aliphatic rings. The van der Waals surface area contributed by atoms with Crippen LogP contribution in [0.3, 0.4) is 0 Å². The zero-order chi connectivity index (χ0) is 49.8. The van der Waals surface area contributed by atoms with Crippen molar-refractivity contribution >= 4 is 67.0 Å². The number of rotatable bonds is 7. The van der Waals surface area contributed by atoms with Crippen LogP contribution in [0.25, 0.3) is 77.6 Å². The molecular weight excluding hydrogens is 913 g/mol. The maximum atomic E-state index is 6.49. The van der Waals surface area contributed by atoms with Gasteiger partial charge in [0, 0.05) is 50.0 Å². The fraction of sp³-hybridized carbons (Fsp3) is 0.0423. The Morgan fingerprint density at radius 2 is 0.933 bits per heavy atom. The first-order valence-corrected chi connectivity index (χ1v) is 25.8. The summed E-state index contributed by atoms with van der Waals surface area (Å²) in [5, 5.41) is 3.39. The molecule has 3 heterocycles. The fourth-order valence-electron chi connectivity index (χ4n) is 12.5. The number of fused-ring (bicyclic) bond motifs is 13. The number of nitrogens with zero attached hydrogens (tertiary/aromatic N) is 2. The lowest BCUT2D eigenvalue weighted by Crippen LogP contribution is -2.36. The minimum atomic E-state index is -0.556. The summed E-state index contributed by atoms with van der Waals surface area (Å²) >= 11 is 0. The Balaban J connectivity index is 0.893. The molecule has 0 saturated carbocycles. The second kappa shape index (κ2) is 16.7. The molecule has 0 amide bonds. The summed E-state index contributed by atoms with van der Waals surface area (Å²) in [6.07, 6.45) is 0. The van der Waals surface area contributed by atoms with E-state index in [0.29, 0.717) is 0 Å². The molecule has 0 bridgehead atoms. The van der Waals surface area contributed by atoms with Gasteiger partial charge in [0.25, 0.3) is 0 Å². The first kappa shape index (κ1) is 43.0. The summed E-state index contributed by atoms with van der Waals surface area (Å²) in [6, 6.07) is 93.0. The first-order chi connectivity index (χ1) is 37.0. The maximum Gasteiger partial charge on any atom is 0.138 e. The van der Waals surface area contributed by atoms with E-state index >= 15 is 0 Å². The molecule has 2 aromatic heterocycles. The molecule has 0 radical (unpaired) electrons. The minimum Gasteiger partial charge on any atom is -0.456 e. The van der Waals surface area contributed by atoms with E-state index in [1.54, 1.807) is 0 Å². The van der Waals surface area contributed by atoms with Crippen LogP contribution in [0.5, 0.6) is 0 Å². The van der Waals surface area contributed by atoms with Gasteiger partial charge in [0.1, 0.15) is 22.5 Å². The summed E-state index contributed by atoms with van der Waals surface area (Å²) in [6.45, 7) is 4.29. The quantitative estimate of drug-likeness (QED) is 0.159. The van der Waals surface area contributed by atoms with Gasteiger partial charge in [-0.2, -0.15) is 0 Å². The van der Waals surface area contributed by atoms with Crippen LogP contribution in [0.2, 0.25) is 0 Å². The number of hydrogen-bond donors (Lipinski definition) is 0. The molecule has 1 spiro atoms. The highest BCUT2D eigenvalue weighted by Crippen LogP contribution is 2.64. The van der Waals surface area contributed by atoms with Gasteiger partial charge < -0.3 is 18.6 Å². The lowest BCUT2D eigenvalue weighted by molar-refractivity contribution is 0.629. The molecule has 15 rings (SSSR count). The molecule has 354 valence electrons. The van der Waals surface area contributed by atoms with Crippen molar-refractivity contribution in [3.05, 3.63) is 288 Å². The Morgan fingerprint density at radius 1 is 0.347 bits per heavy atom. The Kier molecular flexibility index (Phi) is 9.58. The molecule has 75 heavy (non-hydrogen) atoms. The average Bonchev–Trinajstić information content (AvgIpc) is 4.31. The number of para-hydroxylation sites is 4. The lowest BCUT2D eigenvalue weighted by Gasteiger charge is -2.45. The second-order valence-electron chi connectivity index (χ2n) is 20.1. The molecule has 0 saturated heterocycles. The van der Waals surface area contributed by atoms with Gasteiger partial charge in [0.15, 0.2) is 0 Å². The van der Waals surface area contributed by atoms with Gasteiger partial charge >= 0.3 is 0 Å². The topological polar surface area (TPSA) is 32.8 Å². The highest BCUT2D eigenvalue weighted by atomic mass is 16.3. The molecule has 11 aromatic carbocycles. The van der Waals surface area contributed by atoms with E-state index in [4.69, 9.17) is 8.83 Å². The number of benzene rings is 11. The summed E-state index contributed by atoms with van der Waals surface area (Å²) in [4.78, 5) is 4.86. The van der Waals surface area contributed by atoms with E-state index in [1.807, 2.05) is 12.1 Å².